The molecule has 0 heterocycles. The Kier molecular flexibility index (Phi) is 3.60. The lowest BCUT2D eigenvalue weighted by molar-refractivity contribution is -0.118. The van der Waals surface area contributed by atoms with Crippen molar-refractivity contribution in [2.24, 2.45) is 17.8 Å². The number of hydrogen-bond acceptors (Lipinski definition) is 2. The molecule has 2 rings (SSSR count). The first-order valence-corrected chi connectivity index (χ1v) is 6.36. The van der Waals surface area contributed by atoms with Crippen LogP contribution in [0.3, 0.4) is 0 Å². The van der Waals surface area contributed by atoms with Crippen LogP contribution in [-0.2, 0) is 4.79 Å². The van der Waals surface area contributed by atoms with E-state index in [4.69, 9.17) is 0 Å². The highest BCUT2D eigenvalue weighted by Crippen LogP contribution is 2.51. The molecule has 0 aliphatic heterocycles. The number of Topliss-reactive ketones (excluding diaryl/α,β-unsaturated/α-hetero) is 2. The zero-order valence-electron chi connectivity index (χ0n) is 10.7. The van der Waals surface area contributed by atoms with Gasteiger partial charge in [-0.2, -0.15) is 0 Å². The van der Waals surface area contributed by atoms with Gasteiger partial charge in [-0.1, -0.05) is 13.3 Å². The molecule has 0 saturated heterocycles. The van der Waals surface area contributed by atoms with E-state index in [-0.39, 0.29) is 35.1 Å². The summed E-state index contributed by atoms with van der Waals surface area (Å²) in [6.45, 7) is 3.60. The minimum absolute atomic E-state index is 0.0198. The van der Waals surface area contributed by atoms with Crippen LogP contribution >= 0.6 is 0 Å². The number of rotatable bonds is 5. The molecule has 96 valence electrons. The van der Waals surface area contributed by atoms with Crippen molar-refractivity contribution < 1.29 is 14.0 Å². The zero-order valence-corrected chi connectivity index (χ0v) is 10.7. The second kappa shape index (κ2) is 5.01. The molecule has 3 atom stereocenters. The molecule has 1 aromatic carbocycles. The van der Waals surface area contributed by atoms with Crippen molar-refractivity contribution >= 4 is 11.6 Å². The Morgan fingerprint density at radius 1 is 1.17 bits per heavy atom. The normalized spacial score (nSPS) is 25.8. The van der Waals surface area contributed by atoms with Crippen LogP contribution in [0.25, 0.3) is 0 Å². The fourth-order valence-corrected chi connectivity index (χ4v) is 2.78. The predicted octanol–water partition coefficient (Wildman–Crippen LogP) is 3.26. The van der Waals surface area contributed by atoms with Crippen molar-refractivity contribution in [3.63, 3.8) is 0 Å². The van der Waals surface area contributed by atoms with Crippen molar-refractivity contribution in [1.82, 2.24) is 0 Å². The van der Waals surface area contributed by atoms with E-state index in [1.54, 1.807) is 6.92 Å². The minimum Gasteiger partial charge on any atom is -0.300 e. The molecular weight excluding hydrogens is 231 g/mol. The van der Waals surface area contributed by atoms with Gasteiger partial charge in [-0.05, 0) is 43.5 Å². The lowest BCUT2D eigenvalue weighted by atomic mass is 10.0. The SMILES string of the molecule is CCC[C@@H]1[C@@H](C(=O)c2ccc(F)cc2)[C@H]1C(C)=O. The van der Waals surface area contributed by atoms with E-state index in [9.17, 15) is 14.0 Å². The van der Waals surface area contributed by atoms with Gasteiger partial charge in [0.15, 0.2) is 5.78 Å². The van der Waals surface area contributed by atoms with Gasteiger partial charge in [0, 0.05) is 17.4 Å². The third-order valence-corrected chi connectivity index (χ3v) is 3.69. The first-order valence-electron chi connectivity index (χ1n) is 6.36. The summed E-state index contributed by atoms with van der Waals surface area (Å²) in [5.74, 6) is -0.404. The van der Waals surface area contributed by atoms with Crippen molar-refractivity contribution in [2.45, 2.75) is 26.7 Å². The highest BCUT2D eigenvalue weighted by molar-refractivity contribution is 6.04. The smallest absolute Gasteiger partial charge is 0.166 e. The second-order valence-electron chi connectivity index (χ2n) is 4.99. The van der Waals surface area contributed by atoms with E-state index < -0.39 is 0 Å². The maximum atomic E-state index is 12.8. The predicted molar refractivity (Wildman–Crippen MR) is 66.8 cm³/mol. The molecule has 0 amide bonds. The fraction of sp³-hybridized carbons (Fsp3) is 0.467. The van der Waals surface area contributed by atoms with Crippen LogP contribution < -0.4 is 0 Å². The average molecular weight is 248 g/mol. The Hall–Kier alpha value is -1.51. The number of carbonyl (C=O) groups excluding carboxylic acids is 2. The molecule has 0 aromatic heterocycles. The number of carbonyl (C=O) groups is 2. The van der Waals surface area contributed by atoms with E-state index in [0.717, 1.165) is 12.8 Å². The Labute approximate surface area is 106 Å². The van der Waals surface area contributed by atoms with E-state index in [2.05, 4.69) is 6.92 Å². The molecule has 3 heteroatoms. The van der Waals surface area contributed by atoms with E-state index in [0.29, 0.717) is 5.56 Å². The van der Waals surface area contributed by atoms with E-state index >= 15 is 0 Å². The lowest BCUT2D eigenvalue weighted by Crippen LogP contribution is -2.06. The van der Waals surface area contributed by atoms with Crippen LogP contribution in [0.15, 0.2) is 24.3 Å². The summed E-state index contributed by atoms with van der Waals surface area (Å²) in [6.07, 6.45) is 1.88. The van der Waals surface area contributed by atoms with Gasteiger partial charge in [-0.3, -0.25) is 9.59 Å². The molecule has 1 saturated carbocycles. The number of ketones is 2. The maximum Gasteiger partial charge on any atom is 0.166 e. The highest BCUT2D eigenvalue weighted by atomic mass is 19.1. The molecule has 1 aliphatic carbocycles. The molecule has 0 N–H and O–H groups in total. The third kappa shape index (κ3) is 2.35. The van der Waals surface area contributed by atoms with E-state index in [1.807, 2.05) is 0 Å². The van der Waals surface area contributed by atoms with Crippen LogP contribution in [0.1, 0.15) is 37.0 Å². The Bertz CT molecular complexity index is 464. The Morgan fingerprint density at radius 2 is 1.78 bits per heavy atom. The average Bonchev–Trinajstić information content (AvgIpc) is 3.04. The second-order valence-corrected chi connectivity index (χ2v) is 4.99. The van der Waals surface area contributed by atoms with Crippen LogP contribution in [0.4, 0.5) is 4.39 Å². The van der Waals surface area contributed by atoms with Crippen LogP contribution in [-0.4, -0.2) is 11.6 Å². The summed E-state index contributed by atoms with van der Waals surface area (Å²) in [4.78, 5) is 23.7. The number of benzene rings is 1. The Morgan fingerprint density at radius 3 is 2.28 bits per heavy atom. The zero-order chi connectivity index (χ0) is 13.3. The molecule has 2 nitrogen and oxygen atoms in total. The summed E-state index contributed by atoms with van der Waals surface area (Å²) in [7, 11) is 0. The summed E-state index contributed by atoms with van der Waals surface area (Å²) < 4.78 is 12.8. The molecule has 1 aromatic rings. The first-order chi connectivity index (χ1) is 8.56. The fourth-order valence-electron chi connectivity index (χ4n) is 2.78. The largest absolute Gasteiger partial charge is 0.300 e. The van der Waals surface area contributed by atoms with Crippen molar-refractivity contribution in [2.75, 3.05) is 0 Å². The number of halogens is 1. The molecule has 18 heavy (non-hydrogen) atoms. The third-order valence-electron chi connectivity index (χ3n) is 3.69. The standard InChI is InChI=1S/C15H17FO2/c1-3-4-12-13(9(2)17)14(12)15(18)10-5-7-11(16)8-6-10/h5-8,12-14H,3-4H2,1-2H3/t12-,13-,14+/m0/s1. The van der Waals surface area contributed by atoms with Crippen LogP contribution in [0.5, 0.6) is 0 Å². The molecule has 0 spiro atoms. The molecule has 1 fully saturated rings. The quantitative estimate of drug-likeness (QED) is 0.749. The van der Waals surface area contributed by atoms with Gasteiger partial charge in [-0.15, -0.1) is 0 Å². The monoisotopic (exact) mass is 248 g/mol. The molecular formula is C15H17FO2. The molecule has 0 bridgehead atoms. The lowest BCUT2D eigenvalue weighted by Gasteiger charge is -1.99. The van der Waals surface area contributed by atoms with Crippen LogP contribution in [0, 0.1) is 23.6 Å². The van der Waals surface area contributed by atoms with E-state index in [1.165, 1.54) is 24.3 Å². The highest BCUT2D eigenvalue weighted by Gasteiger charge is 2.56. The number of hydrogen-bond donors (Lipinski definition) is 0. The summed E-state index contributed by atoms with van der Waals surface area (Å²) in [5, 5.41) is 0. The van der Waals surface area contributed by atoms with Crippen molar-refractivity contribution in [3.05, 3.63) is 35.6 Å². The van der Waals surface area contributed by atoms with Crippen molar-refractivity contribution in [1.29, 1.82) is 0 Å². The molecule has 0 radical (unpaired) electrons. The topological polar surface area (TPSA) is 34.1 Å². The van der Waals surface area contributed by atoms with Gasteiger partial charge < -0.3 is 0 Å². The van der Waals surface area contributed by atoms with Gasteiger partial charge >= 0.3 is 0 Å². The van der Waals surface area contributed by atoms with Gasteiger partial charge in [0.1, 0.15) is 11.6 Å². The van der Waals surface area contributed by atoms with Gasteiger partial charge in [0.05, 0.1) is 0 Å². The minimum atomic E-state index is -0.351. The van der Waals surface area contributed by atoms with Gasteiger partial charge in [0.2, 0.25) is 0 Å². The molecule has 1 aliphatic rings. The Balaban J connectivity index is 2.14. The van der Waals surface area contributed by atoms with Crippen molar-refractivity contribution in [3.8, 4) is 0 Å². The van der Waals surface area contributed by atoms with Gasteiger partial charge in [-0.25, -0.2) is 4.39 Å². The molecule has 0 unspecified atom stereocenters. The summed E-state index contributed by atoms with van der Waals surface area (Å²) in [5.41, 5.74) is 0.506. The van der Waals surface area contributed by atoms with Gasteiger partial charge in [0.25, 0.3) is 0 Å². The maximum absolute atomic E-state index is 12.8. The first kappa shape index (κ1) is 12.9. The summed E-state index contributed by atoms with van der Waals surface area (Å²) >= 11 is 0. The van der Waals surface area contributed by atoms with Crippen LogP contribution in [0.2, 0.25) is 0 Å². The summed E-state index contributed by atoms with van der Waals surface area (Å²) in [6, 6.07) is 5.56.